The molecule has 4 aromatic rings. The van der Waals surface area contributed by atoms with Crippen LogP contribution in [0, 0.1) is 23.2 Å². The minimum absolute atomic E-state index is 0.0841. The number of allylic oxidation sites excluding steroid dienone is 1. The van der Waals surface area contributed by atoms with E-state index in [2.05, 4.69) is 25.3 Å². The maximum absolute atomic E-state index is 14.6. The molecular formula is C31H28N8O4S. The molecule has 1 amide bonds. The average Bonchev–Trinajstić information content (AvgIpc) is 3.64. The van der Waals surface area contributed by atoms with Crippen molar-refractivity contribution in [3.8, 4) is 6.07 Å². The van der Waals surface area contributed by atoms with Crippen LogP contribution in [0.4, 0.5) is 0 Å². The molecule has 12 nitrogen and oxygen atoms in total. The van der Waals surface area contributed by atoms with Crippen LogP contribution >= 0.6 is 0 Å². The first-order valence-corrected chi connectivity index (χ1v) is 15.6. The summed E-state index contributed by atoms with van der Waals surface area (Å²) in [6.07, 6.45) is 8.44. The van der Waals surface area contributed by atoms with Gasteiger partial charge in [-0.15, -0.1) is 0 Å². The lowest BCUT2D eigenvalue weighted by atomic mass is 9.88. The smallest absolute Gasteiger partial charge is 0.254 e. The van der Waals surface area contributed by atoms with Gasteiger partial charge in [0.25, 0.3) is 5.91 Å². The molecular weight excluding hydrogens is 580 g/mol. The lowest BCUT2D eigenvalue weighted by Crippen LogP contribution is -2.51. The third-order valence-electron chi connectivity index (χ3n) is 8.69. The van der Waals surface area contributed by atoms with Gasteiger partial charge in [0.1, 0.15) is 11.4 Å². The number of sulfonamides is 1. The second kappa shape index (κ2) is 10.6. The lowest BCUT2D eigenvalue weighted by Gasteiger charge is -2.27. The van der Waals surface area contributed by atoms with E-state index in [0.29, 0.717) is 28.3 Å². The SMILES string of the molecule is N#Cc1ccc(C(=O)/C=C2\NC(Cc3c[nH]cn3)(Cc3c[nH]cn3)C(=O)N2[C@H]2[C@@H]3CN(S(=O)(=O)c4ccccc4)C[C@@H]32)cc1. The molecule has 0 unspecified atom stereocenters. The van der Waals surface area contributed by atoms with Crippen LogP contribution in [-0.2, 0) is 27.7 Å². The number of ketones is 1. The highest BCUT2D eigenvalue weighted by molar-refractivity contribution is 7.89. The Kier molecular flexibility index (Phi) is 6.68. The van der Waals surface area contributed by atoms with E-state index < -0.39 is 15.6 Å². The molecule has 0 spiro atoms. The number of hydrogen-bond donors (Lipinski definition) is 3. The standard InChI is InChI=1S/C31H28N8O4S/c32-13-20-6-8-21(9-7-20)27(40)10-28-37-31(11-22-14-33-18-35-22,12-23-15-34-19-36-23)30(41)39(28)29-25-16-38(17-26(25)29)44(42,43)24-4-2-1-3-5-24/h1-10,14-15,18-19,25-26,29,37H,11-12,16-17H2,(H,33,35)(H,34,36)/b28-10+/t25-,26+,29+. The number of nitrogens with zero attached hydrogens (tertiary/aromatic N) is 5. The summed E-state index contributed by atoms with van der Waals surface area (Å²) in [5.41, 5.74) is 0.949. The molecule has 2 aromatic carbocycles. The Labute approximate surface area is 253 Å². The summed E-state index contributed by atoms with van der Waals surface area (Å²) in [6, 6.07) is 16.4. The maximum Gasteiger partial charge on any atom is 0.254 e. The number of nitrogens with one attached hydrogen (secondary N) is 3. The van der Waals surface area contributed by atoms with Gasteiger partial charge < -0.3 is 15.3 Å². The summed E-state index contributed by atoms with van der Waals surface area (Å²) in [6.45, 7) is 0.553. The number of carbonyl (C=O) groups is 2. The second-order valence-corrected chi connectivity index (χ2v) is 13.3. The van der Waals surface area contributed by atoms with Crippen molar-refractivity contribution in [1.29, 1.82) is 5.26 Å². The fraction of sp³-hybridized carbons (Fsp3) is 0.258. The van der Waals surface area contributed by atoms with Crippen LogP contribution in [0.15, 0.2) is 96.4 Å². The van der Waals surface area contributed by atoms with Crippen molar-refractivity contribution in [1.82, 2.24) is 34.5 Å². The third kappa shape index (κ3) is 4.78. The number of carbonyl (C=O) groups excluding carboxylic acids is 2. The van der Waals surface area contributed by atoms with Crippen molar-refractivity contribution in [3.63, 3.8) is 0 Å². The Morgan fingerprint density at radius 3 is 2.14 bits per heavy atom. The molecule has 0 radical (unpaired) electrons. The van der Waals surface area contributed by atoms with E-state index in [9.17, 15) is 18.0 Å². The Bertz CT molecular complexity index is 1830. The molecule has 2 aromatic heterocycles. The quantitative estimate of drug-likeness (QED) is 0.192. The summed E-state index contributed by atoms with van der Waals surface area (Å²) < 4.78 is 28.1. The molecule has 3 fully saturated rings. The summed E-state index contributed by atoms with van der Waals surface area (Å²) in [5, 5.41) is 12.6. The number of nitriles is 1. The van der Waals surface area contributed by atoms with E-state index in [1.807, 2.05) is 6.07 Å². The number of imidazole rings is 2. The fourth-order valence-electron chi connectivity index (χ4n) is 6.49. The number of fused-ring (bicyclic) bond motifs is 1. The highest BCUT2D eigenvalue weighted by atomic mass is 32.2. The molecule has 2 aliphatic heterocycles. The first-order valence-electron chi connectivity index (χ1n) is 14.2. The van der Waals surface area contributed by atoms with Crippen LogP contribution in [-0.4, -0.2) is 73.9 Å². The lowest BCUT2D eigenvalue weighted by molar-refractivity contribution is -0.132. The van der Waals surface area contributed by atoms with E-state index >= 15 is 0 Å². The van der Waals surface area contributed by atoms with E-state index in [-0.39, 0.29) is 60.4 Å². The highest BCUT2D eigenvalue weighted by Gasteiger charge is 2.65. The number of amides is 1. The van der Waals surface area contributed by atoms with E-state index in [4.69, 9.17) is 5.26 Å². The topological polar surface area (TPSA) is 168 Å². The van der Waals surface area contributed by atoms with Crippen LogP contribution in [0.5, 0.6) is 0 Å². The van der Waals surface area contributed by atoms with Crippen LogP contribution in [0.2, 0.25) is 0 Å². The van der Waals surface area contributed by atoms with Crippen LogP contribution in [0.3, 0.4) is 0 Å². The number of rotatable bonds is 9. The van der Waals surface area contributed by atoms with Gasteiger partial charge in [-0.05, 0) is 36.4 Å². The number of H-pyrrole nitrogens is 2. The van der Waals surface area contributed by atoms with Crippen molar-refractivity contribution in [2.75, 3.05) is 13.1 Å². The average molecular weight is 609 g/mol. The predicted molar refractivity (Wildman–Crippen MR) is 157 cm³/mol. The molecule has 2 saturated heterocycles. The van der Waals surface area contributed by atoms with E-state index in [1.165, 1.54) is 10.4 Å². The summed E-state index contributed by atoms with van der Waals surface area (Å²) in [4.78, 5) is 44.5. The van der Waals surface area contributed by atoms with Crippen molar-refractivity contribution in [3.05, 3.63) is 114 Å². The van der Waals surface area contributed by atoms with E-state index in [1.54, 1.807) is 84.5 Å². The minimum atomic E-state index is -3.67. The van der Waals surface area contributed by atoms with Crippen molar-refractivity contribution in [2.45, 2.75) is 29.3 Å². The van der Waals surface area contributed by atoms with Gasteiger partial charge in [0.05, 0.1) is 40.6 Å². The normalized spacial score (nSPS) is 23.3. The molecule has 222 valence electrons. The monoisotopic (exact) mass is 608 g/mol. The van der Waals surface area contributed by atoms with Crippen LogP contribution < -0.4 is 5.32 Å². The van der Waals surface area contributed by atoms with Crippen molar-refractivity contribution < 1.29 is 18.0 Å². The number of aromatic amines is 2. The van der Waals surface area contributed by atoms with Gasteiger partial charge in [-0.2, -0.15) is 9.57 Å². The summed E-state index contributed by atoms with van der Waals surface area (Å²) in [5.74, 6) is -0.366. The molecule has 3 aliphatic rings. The Hall–Kier alpha value is -5.06. The highest BCUT2D eigenvalue weighted by Crippen LogP contribution is 2.53. The minimum Gasteiger partial charge on any atom is -0.356 e. The van der Waals surface area contributed by atoms with Gasteiger partial charge in [0.2, 0.25) is 10.0 Å². The molecule has 13 heteroatoms. The summed E-state index contributed by atoms with van der Waals surface area (Å²) >= 11 is 0. The first kappa shape index (κ1) is 27.8. The number of piperidine rings is 1. The number of benzene rings is 2. The maximum atomic E-state index is 14.6. The van der Waals surface area contributed by atoms with Crippen molar-refractivity contribution >= 4 is 21.7 Å². The molecule has 4 heterocycles. The summed E-state index contributed by atoms with van der Waals surface area (Å²) in [7, 11) is -3.67. The van der Waals surface area contributed by atoms with Gasteiger partial charge >= 0.3 is 0 Å². The molecule has 1 aliphatic carbocycles. The molecule has 3 N–H and O–H groups in total. The molecule has 7 rings (SSSR count). The third-order valence-corrected chi connectivity index (χ3v) is 10.5. The Morgan fingerprint density at radius 1 is 0.977 bits per heavy atom. The molecule has 0 bridgehead atoms. The predicted octanol–water partition coefficient (Wildman–Crippen LogP) is 2.00. The van der Waals surface area contributed by atoms with Crippen LogP contribution in [0.25, 0.3) is 0 Å². The number of aromatic nitrogens is 4. The largest absolute Gasteiger partial charge is 0.356 e. The zero-order valence-corrected chi connectivity index (χ0v) is 24.2. The van der Waals surface area contributed by atoms with Gasteiger partial charge in [0.15, 0.2) is 5.78 Å². The van der Waals surface area contributed by atoms with E-state index in [0.717, 1.165) is 0 Å². The van der Waals surface area contributed by atoms with Crippen molar-refractivity contribution in [2.24, 2.45) is 11.8 Å². The number of hydrogen-bond acceptors (Lipinski definition) is 8. The van der Waals surface area contributed by atoms with Gasteiger partial charge in [0, 0.05) is 67.8 Å². The van der Waals surface area contributed by atoms with Crippen LogP contribution in [0.1, 0.15) is 27.3 Å². The Balaban J connectivity index is 1.22. The van der Waals surface area contributed by atoms with Gasteiger partial charge in [-0.1, -0.05) is 18.2 Å². The molecule has 1 saturated carbocycles. The second-order valence-electron chi connectivity index (χ2n) is 11.4. The zero-order valence-electron chi connectivity index (χ0n) is 23.4. The van der Waals surface area contributed by atoms with Gasteiger partial charge in [-0.25, -0.2) is 18.4 Å². The Morgan fingerprint density at radius 2 is 1.59 bits per heavy atom. The fourth-order valence-corrected chi connectivity index (χ4v) is 8.03. The van der Waals surface area contributed by atoms with Gasteiger partial charge in [-0.3, -0.25) is 14.5 Å². The first-order chi connectivity index (χ1) is 21.3. The molecule has 44 heavy (non-hydrogen) atoms. The zero-order chi connectivity index (χ0) is 30.5. The molecule has 3 atom stereocenters.